The van der Waals surface area contributed by atoms with Crippen molar-refractivity contribution in [1.82, 2.24) is 4.98 Å². The van der Waals surface area contributed by atoms with Crippen LogP contribution in [0.1, 0.15) is 42.5 Å². The fourth-order valence-electron chi connectivity index (χ4n) is 2.97. The summed E-state index contributed by atoms with van der Waals surface area (Å²) in [4.78, 5) is 16.6. The first-order chi connectivity index (χ1) is 9.54. The standard InChI is InChI=1S/C16H20N2O2/c1-11-9-18-13(12(2)15(11)20-3)8-16(10-17)7-5-4-6-14(16)19/h9H,4-8H2,1-3H3. The highest BCUT2D eigenvalue weighted by molar-refractivity contribution is 5.88. The molecule has 1 heterocycles. The molecule has 106 valence electrons. The van der Waals surface area contributed by atoms with Crippen LogP contribution < -0.4 is 4.74 Å². The van der Waals surface area contributed by atoms with E-state index in [1.54, 1.807) is 13.3 Å². The number of methoxy groups -OCH3 is 1. The third kappa shape index (κ3) is 2.40. The predicted molar refractivity (Wildman–Crippen MR) is 75.5 cm³/mol. The van der Waals surface area contributed by atoms with Gasteiger partial charge in [0.1, 0.15) is 11.2 Å². The van der Waals surface area contributed by atoms with Crippen LogP contribution in [0.15, 0.2) is 6.20 Å². The van der Waals surface area contributed by atoms with E-state index in [-0.39, 0.29) is 5.78 Å². The van der Waals surface area contributed by atoms with Crippen molar-refractivity contribution >= 4 is 5.78 Å². The normalized spacial score (nSPS) is 22.4. The summed E-state index contributed by atoms with van der Waals surface area (Å²) in [5.74, 6) is 0.860. The Morgan fingerprint density at radius 1 is 1.45 bits per heavy atom. The molecule has 0 amide bonds. The van der Waals surface area contributed by atoms with Gasteiger partial charge in [0.05, 0.1) is 13.2 Å². The van der Waals surface area contributed by atoms with Gasteiger partial charge in [-0.2, -0.15) is 5.26 Å². The van der Waals surface area contributed by atoms with Crippen molar-refractivity contribution in [3.8, 4) is 11.8 Å². The number of ether oxygens (including phenoxy) is 1. The Morgan fingerprint density at radius 2 is 2.20 bits per heavy atom. The highest BCUT2D eigenvalue weighted by atomic mass is 16.5. The van der Waals surface area contributed by atoms with E-state index in [4.69, 9.17) is 4.74 Å². The van der Waals surface area contributed by atoms with Gasteiger partial charge in [0.15, 0.2) is 5.78 Å². The predicted octanol–water partition coefficient (Wildman–Crippen LogP) is 2.90. The number of pyridine rings is 1. The smallest absolute Gasteiger partial charge is 0.153 e. The second kappa shape index (κ2) is 5.62. The first-order valence-electron chi connectivity index (χ1n) is 6.97. The van der Waals surface area contributed by atoms with Gasteiger partial charge in [-0.3, -0.25) is 9.78 Å². The lowest BCUT2D eigenvalue weighted by Gasteiger charge is -2.29. The van der Waals surface area contributed by atoms with Gasteiger partial charge in [0.25, 0.3) is 0 Å². The van der Waals surface area contributed by atoms with Crippen LogP contribution in [0.25, 0.3) is 0 Å². The molecule has 0 radical (unpaired) electrons. The van der Waals surface area contributed by atoms with E-state index in [9.17, 15) is 10.1 Å². The largest absolute Gasteiger partial charge is 0.496 e. The molecule has 2 rings (SSSR count). The first kappa shape index (κ1) is 14.5. The van der Waals surface area contributed by atoms with Gasteiger partial charge >= 0.3 is 0 Å². The molecule has 0 bridgehead atoms. The Hall–Kier alpha value is -1.89. The van der Waals surface area contributed by atoms with E-state index >= 15 is 0 Å². The van der Waals surface area contributed by atoms with Gasteiger partial charge in [0, 0.05) is 35.9 Å². The number of nitrogens with zero attached hydrogens (tertiary/aromatic N) is 2. The third-order valence-corrected chi connectivity index (χ3v) is 4.22. The van der Waals surface area contributed by atoms with Gasteiger partial charge < -0.3 is 4.74 Å². The minimum absolute atomic E-state index is 0.0620. The molecule has 1 saturated carbocycles. The van der Waals surface area contributed by atoms with Gasteiger partial charge in [0.2, 0.25) is 0 Å². The number of carbonyl (C=O) groups excluding carboxylic acids is 1. The number of ketones is 1. The third-order valence-electron chi connectivity index (χ3n) is 4.22. The van der Waals surface area contributed by atoms with Crippen molar-refractivity contribution in [2.75, 3.05) is 7.11 Å². The molecule has 20 heavy (non-hydrogen) atoms. The zero-order valence-corrected chi connectivity index (χ0v) is 12.3. The van der Waals surface area contributed by atoms with E-state index in [0.717, 1.165) is 35.4 Å². The van der Waals surface area contributed by atoms with Crippen molar-refractivity contribution in [2.24, 2.45) is 5.41 Å². The zero-order chi connectivity index (χ0) is 14.8. The highest BCUT2D eigenvalue weighted by Gasteiger charge is 2.41. The number of Topliss-reactive ketones (excluding diaryl/α,β-unsaturated/α-hetero) is 1. The minimum Gasteiger partial charge on any atom is -0.496 e. The minimum atomic E-state index is -0.893. The van der Waals surface area contributed by atoms with Crippen molar-refractivity contribution in [3.05, 3.63) is 23.0 Å². The SMILES string of the molecule is COc1c(C)cnc(CC2(C#N)CCCCC2=O)c1C. The number of hydrogen-bond acceptors (Lipinski definition) is 4. The summed E-state index contributed by atoms with van der Waals surface area (Å²) >= 11 is 0. The number of aromatic nitrogens is 1. The molecule has 1 aromatic heterocycles. The molecule has 1 aliphatic carbocycles. The lowest BCUT2D eigenvalue weighted by molar-refractivity contribution is -0.128. The Labute approximate surface area is 119 Å². The second-order valence-electron chi connectivity index (χ2n) is 5.55. The van der Waals surface area contributed by atoms with E-state index in [1.807, 2.05) is 13.8 Å². The molecule has 0 N–H and O–H groups in total. The van der Waals surface area contributed by atoms with Crippen molar-refractivity contribution in [2.45, 2.75) is 46.0 Å². The average Bonchev–Trinajstić information content (AvgIpc) is 2.45. The molecule has 1 aliphatic rings. The zero-order valence-electron chi connectivity index (χ0n) is 12.3. The van der Waals surface area contributed by atoms with Crippen molar-refractivity contribution < 1.29 is 9.53 Å². The maximum atomic E-state index is 12.2. The molecule has 0 saturated heterocycles. The lowest BCUT2D eigenvalue weighted by Crippen LogP contribution is -2.35. The maximum absolute atomic E-state index is 12.2. The summed E-state index contributed by atoms with van der Waals surface area (Å²) in [7, 11) is 1.63. The summed E-state index contributed by atoms with van der Waals surface area (Å²) < 4.78 is 5.39. The van der Waals surface area contributed by atoms with E-state index in [2.05, 4.69) is 11.1 Å². The number of rotatable bonds is 3. The fraction of sp³-hybridized carbons (Fsp3) is 0.562. The molecule has 1 atom stereocenters. The summed E-state index contributed by atoms with van der Waals surface area (Å²) in [5, 5.41) is 9.52. The number of aryl methyl sites for hydroxylation is 1. The molecule has 1 unspecified atom stereocenters. The van der Waals surface area contributed by atoms with Crippen molar-refractivity contribution in [3.63, 3.8) is 0 Å². The van der Waals surface area contributed by atoms with Crippen LogP contribution in [0.2, 0.25) is 0 Å². The van der Waals surface area contributed by atoms with Crippen LogP contribution in [-0.2, 0) is 11.2 Å². The van der Waals surface area contributed by atoms with Gasteiger partial charge in [-0.15, -0.1) is 0 Å². The van der Waals surface area contributed by atoms with Crippen LogP contribution in [0.4, 0.5) is 0 Å². The molecule has 0 aliphatic heterocycles. The van der Waals surface area contributed by atoms with Gasteiger partial charge in [-0.25, -0.2) is 0 Å². The maximum Gasteiger partial charge on any atom is 0.153 e. The topological polar surface area (TPSA) is 63.0 Å². The Balaban J connectivity index is 2.38. The summed E-state index contributed by atoms with van der Waals surface area (Å²) in [5.41, 5.74) is 1.80. The van der Waals surface area contributed by atoms with E-state index < -0.39 is 5.41 Å². The van der Waals surface area contributed by atoms with E-state index in [1.165, 1.54) is 0 Å². The monoisotopic (exact) mass is 272 g/mol. The molecule has 4 nitrogen and oxygen atoms in total. The number of carbonyl (C=O) groups is 1. The molecule has 1 fully saturated rings. The Bertz CT molecular complexity index is 575. The number of nitriles is 1. The van der Waals surface area contributed by atoms with Crippen molar-refractivity contribution in [1.29, 1.82) is 5.26 Å². The molecule has 1 aromatic rings. The fourth-order valence-corrected chi connectivity index (χ4v) is 2.97. The van der Waals surface area contributed by atoms with Crippen LogP contribution in [0.3, 0.4) is 0 Å². The molecule has 0 aromatic carbocycles. The molecular weight excluding hydrogens is 252 g/mol. The highest BCUT2D eigenvalue weighted by Crippen LogP contribution is 2.37. The first-order valence-corrected chi connectivity index (χ1v) is 6.97. The lowest BCUT2D eigenvalue weighted by atomic mass is 9.71. The van der Waals surface area contributed by atoms with Crippen LogP contribution >= 0.6 is 0 Å². The quantitative estimate of drug-likeness (QED) is 0.848. The average molecular weight is 272 g/mol. The Kier molecular flexibility index (Phi) is 4.08. The van der Waals surface area contributed by atoms with Crippen LogP contribution in [-0.4, -0.2) is 17.9 Å². The summed E-state index contributed by atoms with van der Waals surface area (Å²) in [6.07, 6.45) is 5.12. The summed E-state index contributed by atoms with van der Waals surface area (Å²) in [6, 6.07) is 2.26. The van der Waals surface area contributed by atoms with Gasteiger partial charge in [-0.05, 0) is 26.7 Å². The van der Waals surface area contributed by atoms with Crippen LogP contribution in [0.5, 0.6) is 5.75 Å². The van der Waals surface area contributed by atoms with Gasteiger partial charge in [-0.1, -0.05) is 6.42 Å². The second-order valence-corrected chi connectivity index (χ2v) is 5.55. The van der Waals surface area contributed by atoms with Crippen LogP contribution in [0, 0.1) is 30.6 Å². The molecule has 4 heteroatoms. The number of hydrogen-bond donors (Lipinski definition) is 0. The molecule has 0 spiro atoms. The molecular formula is C16H20N2O2. The summed E-state index contributed by atoms with van der Waals surface area (Å²) in [6.45, 7) is 3.88. The Morgan fingerprint density at radius 3 is 2.80 bits per heavy atom. The van der Waals surface area contributed by atoms with E-state index in [0.29, 0.717) is 19.3 Å².